The summed E-state index contributed by atoms with van der Waals surface area (Å²) in [5.41, 5.74) is 1.06. The molecule has 0 radical (unpaired) electrons. The molecule has 0 aromatic carbocycles. The maximum absolute atomic E-state index is 11.9. The van der Waals surface area contributed by atoms with Gasteiger partial charge < -0.3 is 4.90 Å². The zero-order chi connectivity index (χ0) is 10.5. The molecule has 0 unspecified atom stereocenters. The number of hydrogen-bond acceptors (Lipinski definition) is 2. The Bertz CT molecular complexity index is 318. The standard InChI is InChI=1S/C12H16N2O/c15-12(14-8-2-1-3-9-14)10-11-4-6-13-7-5-11/h4-7H,1-3,8-10H2. The Morgan fingerprint density at radius 3 is 2.53 bits per heavy atom. The number of hydrogen-bond donors (Lipinski definition) is 0. The Kier molecular flexibility index (Phi) is 3.33. The van der Waals surface area contributed by atoms with Crippen molar-refractivity contribution in [2.45, 2.75) is 25.7 Å². The van der Waals surface area contributed by atoms with Gasteiger partial charge in [0.1, 0.15) is 0 Å². The Labute approximate surface area is 90.1 Å². The first-order chi connectivity index (χ1) is 7.36. The number of likely N-dealkylation sites (tertiary alicyclic amines) is 1. The van der Waals surface area contributed by atoms with Crippen molar-refractivity contribution in [3.63, 3.8) is 0 Å². The van der Waals surface area contributed by atoms with Gasteiger partial charge in [0.25, 0.3) is 0 Å². The van der Waals surface area contributed by atoms with Crippen molar-refractivity contribution in [2.24, 2.45) is 0 Å². The summed E-state index contributed by atoms with van der Waals surface area (Å²) in [5, 5.41) is 0. The van der Waals surface area contributed by atoms with Crippen LogP contribution in [0.15, 0.2) is 24.5 Å². The smallest absolute Gasteiger partial charge is 0.226 e. The van der Waals surface area contributed by atoms with E-state index in [4.69, 9.17) is 0 Å². The number of aromatic nitrogens is 1. The van der Waals surface area contributed by atoms with Crippen molar-refractivity contribution >= 4 is 5.91 Å². The summed E-state index contributed by atoms with van der Waals surface area (Å²) in [5.74, 6) is 0.251. The summed E-state index contributed by atoms with van der Waals surface area (Å²) < 4.78 is 0. The SMILES string of the molecule is O=C(Cc1ccncc1)N1CCCCC1. The van der Waals surface area contributed by atoms with Crippen LogP contribution in [0.25, 0.3) is 0 Å². The first-order valence-electron chi connectivity index (χ1n) is 5.53. The molecule has 3 heteroatoms. The minimum absolute atomic E-state index is 0.251. The maximum atomic E-state index is 11.9. The van der Waals surface area contributed by atoms with Crippen molar-refractivity contribution < 1.29 is 4.79 Å². The van der Waals surface area contributed by atoms with Crippen molar-refractivity contribution in [3.8, 4) is 0 Å². The second kappa shape index (κ2) is 4.91. The van der Waals surface area contributed by atoms with E-state index in [0.717, 1.165) is 31.5 Å². The summed E-state index contributed by atoms with van der Waals surface area (Å²) in [6.45, 7) is 1.87. The van der Waals surface area contributed by atoms with E-state index in [1.54, 1.807) is 12.4 Å². The minimum atomic E-state index is 0.251. The minimum Gasteiger partial charge on any atom is -0.342 e. The van der Waals surface area contributed by atoms with E-state index >= 15 is 0 Å². The number of nitrogens with zero attached hydrogens (tertiary/aromatic N) is 2. The van der Waals surface area contributed by atoms with Crippen LogP contribution in [-0.4, -0.2) is 28.9 Å². The van der Waals surface area contributed by atoms with Gasteiger partial charge in [-0.15, -0.1) is 0 Å². The van der Waals surface area contributed by atoms with Gasteiger partial charge in [0.2, 0.25) is 5.91 Å². The molecule has 2 rings (SSSR count). The van der Waals surface area contributed by atoms with Crippen LogP contribution < -0.4 is 0 Å². The molecule has 0 spiro atoms. The molecule has 0 saturated carbocycles. The van der Waals surface area contributed by atoms with Gasteiger partial charge in [0.05, 0.1) is 6.42 Å². The van der Waals surface area contributed by atoms with Crippen LogP contribution in [0.3, 0.4) is 0 Å². The van der Waals surface area contributed by atoms with Crippen LogP contribution in [0.5, 0.6) is 0 Å². The topological polar surface area (TPSA) is 33.2 Å². The number of carbonyl (C=O) groups is 1. The third-order valence-corrected chi connectivity index (χ3v) is 2.81. The number of amides is 1. The first kappa shape index (κ1) is 10.1. The van der Waals surface area contributed by atoms with Crippen LogP contribution in [0.1, 0.15) is 24.8 Å². The normalized spacial score (nSPS) is 16.4. The van der Waals surface area contributed by atoms with Crippen molar-refractivity contribution in [3.05, 3.63) is 30.1 Å². The quantitative estimate of drug-likeness (QED) is 0.733. The molecule has 0 aliphatic carbocycles. The largest absolute Gasteiger partial charge is 0.342 e. The maximum Gasteiger partial charge on any atom is 0.226 e. The zero-order valence-corrected chi connectivity index (χ0v) is 8.85. The lowest BCUT2D eigenvalue weighted by Gasteiger charge is -2.26. The van der Waals surface area contributed by atoms with Crippen LogP contribution in [0.4, 0.5) is 0 Å². The fraction of sp³-hybridized carbons (Fsp3) is 0.500. The molecular formula is C12H16N2O. The van der Waals surface area contributed by atoms with E-state index in [2.05, 4.69) is 4.98 Å². The van der Waals surface area contributed by atoms with Crippen LogP contribution >= 0.6 is 0 Å². The van der Waals surface area contributed by atoms with Gasteiger partial charge >= 0.3 is 0 Å². The van der Waals surface area contributed by atoms with Crippen LogP contribution in [0, 0.1) is 0 Å². The van der Waals surface area contributed by atoms with E-state index in [9.17, 15) is 4.79 Å². The monoisotopic (exact) mass is 204 g/mol. The predicted molar refractivity (Wildman–Crippen MR) is 58.4 cm³/mol. The molecule has 1 aromatic rings. The molecular weight excluding hydrogens is 188 g/mol. The van der Waals surface area contributed by atoms with E-state index < -0.39 is 0 Å². The molecule has 1 aliphatic heterocycles. The third-order valence-electron chi connectivity index (χ3n) is 2.81. The molecule has 1 aromatic heterocycles. The van der Waals surface area contributed by atoms with Gasteiger partial charge in [-0.1, -0.05) is 0 Å². The first-order valence-corrected chi connectivity index (χ1v) is 5.53. The van der Waals surface area contributed by atoms with Gasteiger partial charge in [0.15, 0.2) is 0 Å². The summed E-state index contributed by atoms with van der Waals surface area (Å²) >= 11 is 0. The fourth-order valence-corrected chi connectivity index (χ4v) is 1.93. The number of piperidine rings is 1. The average Bonchev–Trinajstić information content (AvgIpc) is 2.31. The van der Waals surface area contributed by atoms with E-state index in [1.165, 1.54) is 6.42 Å². The number of pyridine rings is 1. The van der Waals surface area contributed by atoms with Gasteiger partial charge in [-0.2, -0.15) is 0 Å². The second-order valence-electron chi connectivity index (χ2n) is 3.97. The summed E-state index contributed by atoms with van der Waals surface area (Å²) in [4.78, 5) is 17.8. The Hall–Kier alpha value is -1.38. The van der Waals surface area contributed by atoms with Crippen molar-refractivity contribution in [1.82, 2.24) is 9.88 Å². The molecule has 1 amide bonds. The number of carbonyl (C=O) groups excluding carboxylic acids is 1. The van der Waals surface area contributed by atoms with E-state index in [0.29, 0.717) is 6.42 Å². The fourth-order valence-electron chi connectivity index (χ4n) is 1.93. The highest BCUT2D eigenvalue weighted by Gasteiger charge is 2.16. The lowest BCUT2D eigenvalue weighted by Crippen LogP contribution is -2.36. The molecule has 2 heterocycles. The summed E-state index contributed by atoms with van der Waals surface area (Å²) in [6, 6.07) is 3.81. The molecule has 1 fully saturated rings. The molecule has 0 N–H and O–H groups in total. The third kappa shape index (κ3) is 2.78. The second-order valence-corrected chi connectivity index (χ2v) is 3.97. The van der Waals surface area contributed by atoms with E-state index in [-0.39, 0.29) is 5.91 Å². The predicted octanol–water partition coefficient (Wildman–Crippen LogP) is 1.64. The van der Waals surface area contributed by atoms with Gasteiger partial charge in [-0.3, -0.25) is 9.78 Å². The highest BCUT2D eigenvalue weighted by molar-refractivity contribution is 5.78. The highest BCUT2D eigenvalue weighted by atomic mass is 16.2. The summed E-state index contributed by atoms with van der Waals surface area (Å²) in [6.07, 6.45) is 7.56. The molecule has 15 heavy (non-hydrogen) atoms. The number of rotatable bonds is 2. The van der Waals surface area contributed by atoms with Crippen molar-refractivity contribution in [2.75, 3.05) is 13.1 Å². The Balaban J connectivity index is 1.91. The Morgan fingerprint density at radius 1 is 1.20 bits per heavy atom. The molecule has 3 nitrogen and oxygen atoms in total. The molecule has 1 saturated heterocycles. The molecule has 0 bridgehead atoms. The van der Waals surface area contributed by atoms with Crippen LogP contribution in [-0.2, 0) is 11.2 Å². The lowest BCUT2D eigenvalue weighted by atomic mass is 10.1. The molecule has 80 valence electrons. The Morgan fingerprint density at radius 2 is 1.87 bits per heavy atom. The lowest BCUT2D eigenvalue weighted by molar-refractivity contribution is -0.131. The van der Waals surface area contributed by atoms with E-state index in [1.807, 2.05) is 17.0 Å². The van der Waals surface area contributed by atoms with Gasteiger partial charge in [-0.25, -0.2) is 0 Å². The van der Waals surface area contributed by atoms with Gasteiger partial charge in [0, 0.05) is 25.5 Å². The van der Waals surface area contributed by atoms with Crippen LogP contribution in [0.2, 0.25) is 0 Å². The van der Waals surface area contributed by atoms with Crippen molar-refractivity contribution in [1.29, 1.82) is 0 Å². The highest BCUT2D eigenvalue weighted by Crippen LogP contribution is 2.10. The molecule has 1 aliphatic rings. The zero-order valence-electron chi connectivity index (χ0n) is 8.85. The molecule has 0 atom stereocenters. The average molecular weight is 204 g/mol. The van der Waals surface area contributed by atoms with Gasteiger partial charge in [-0.05, 0) is 37.0 Å². The summed E-state index contributed by atoms with van der Waals surface area (Å²) in [7, 11) is 0.